The maximum atomic E-state index is 13.1. The molecule has 5 rings (SSSR count). The number of benzene rings is 4. The van der Waals surface area contributed by atoms with Crippen LogP contribution in [0.5, 0.6) is 11.5 Å². The Morgan fingerprint density at radius 3 is 1.83 bits per heavy atom. The van der Waals surface area contributed by atoms with Crippen LogP contribution < -0.4 is 4.72 Å². The number of ketones is 2. The van der Waals surface area contributed by atoms with Gasteiger partial charge in [0.25, 0.3) is 10.0 Å². The molecule has 0 aliphatic heterocycles. The fourth-order valence-electron chi connectivity index (χ4n) is 3.98. The lowest BCUT2D eigenvalue weighted by atomic mass is 9.83. The van der Waals surface area contributed by atoms with Gasteiger partial charge in [0, 0.05) is 16.7 Å². The quantitative estimate of drug-likeness (QED) is 0.320. The molecular weight excluding hydrogens is 473 g/mol. The summed E-state index contributed by atoms with van der Waals surface area (Å²) in [7, 11) is -4.25. The number of halogens is 1. The third-order valence-electron chi connectivity index (χ3n) is 5.75. The number of hydrogen-bond acceptors (Lipinski definition) is 6. The summed E-state index contributed by atoms with van der Waals surface area (Å²) in [6.45, 7) is 0. The highest BCUT2D eigenvalue weighted by Crippen LogP contribution is 2.43. The highest BCUT2D eigenvalue weighted by Gasteiger charge is 2.35. The molecule has 7 nitrogen and oxygen atoms in total. The fraction of sp³-hybridized carbons (Fsp3) is 0. The van der Waals surface area contributed by atoms with Crippen molar-refractivity contribution in [3.63, 3.8) is 0 Å². The molecule has 3 N–H and O–H groups in total. The van der Waals surface area contributed by atoms with E-state index in [4.69, 9.17) is 0 Å². The Balaban J connectivity index is 1.50. The molecule has 1 aliphatic rings. The SMILES string of the molecule is O=C1c2ccccc2C(=O)c2c1cc(NS(=O)(=O)c1ccc(-c3ccc(F)cc3)cc1)c(O)c2O. The molecule has 0 heterocycles. The van der Waals surface area contributed by atoms with Gasteiger partial charge in [-0.15, -0.1) is 0 Å². The van der Waals surface area contributed by atoms with Gasteiger partial charge in [-0.1, -0.05) is 48.5 Å². The van der Waals surface area contributed by atoms with Gasteiger partial charge in [0.1, 0.15) is 5.82 Å². The number of sulfonamides is 1. The number of fused-ring (bicyclic) bond motifs is 2. The first-order valence-electron chi connectivity index (χ1n) is 10.3. The van der Waals surface area contributed by atoms with E-state index < -0.39 is 50.2 Å². The molecule has 0 saturated heterocycles. The maximum absolute atomic E-state index is 13.1. The van der Waals surface area contributed by atoms with Crippen molar-refractivity contribution in [3.8, 4) is 22.6 Å². The van der Waals surface area contributed by atoms with Crippen molar-refractivity contribution in [2.75, 3.05) is 4.72 Å². The second kappa shape index (κ2) is 8.07. The Hall–Kier alpha value is -4.50. The van der Waals surface area contributed by atoms with Gasteiger partial charge in [0.2, 0.25) is 0 Å². The van der Waals surface area contributed by atoms with Crippen molar-refractivity contribution < 1.29 is 32.6 Å². The van der Waals surface area contributed by atoms with Crippen LogP contribution in [-0.4, -0.2) is 30.2 Å². The second-order valence-electron chi connectivity index (χ2n) is 7.88. The van der Waals surface area contributed by atoms with E-state index in [2.05, 4.69) is 4.72 Å². The molecule has 0 saturated carbocycles. The summed E-state index contributed by atoms with van der Waals surface area (Å²) < 4.78 is 41.2. The van der Waals surface area contributed by atoms with E-state index in [0.717, 1.165) is 6.07 Å². The van der Waals surface area contributed by atoms with Gasteiger partial charge in [-0.2, -0.15) is 0 Å². The first-order valence-corrected chi connectivity index (χ1v) is 11.8. The summed E-state index contributed by atoms with van der Waals surface area (Å²) >= 11 is 0. The summed E-state index contributed by atoms with van der Waals surface area (Å²) in [5.41, 5.74) is 0.454. The van der Waals surface area contributed by atoms with Crippen LogP contribution in [0.3, 0.4) is 0 Å². The van der Waals surface area contributed by atoms with E-state index in [1.165, 1.54) is 48.5 Å². The van der Waals surface area contributed by atoms with Gasteiger partial charge >= 0.3 is 0 Å². The molecule has 0 radical (unpaired) electrons. The summed E-state index contributed by atoms with van der Waals surface area (Å²) in [4.78, 5) is 25.6. The minimum atomic E-state index is -4.25. The summed E-state index contributed by atoms with van der Waals surface area (Å²) in [5, 5.41) is 21.0. The number of rotatable bonds is 4. The maximum Gasteiger partial charge on any atom is 0.262 e. The zero-order valence-corrected chi connectivity index (χ0v) is 18.6. The number of carbonyl (C=O) groups is 2. The Morgan fingerprint density at radius 1 is 0.686 bits per heavy atom. The molecule has 0 unspecified atom stereocenters. The van der Waals surface area contributed by atoms with Crippen LogP contribution in [0.2, 0.25) is 0 Å². The molecule has 0 atom stereocenters. The summed E-state index contributed by atoms with van der Waals surface area (Å²) in [5.74, 6) is -3.41. The predicted molar refractivity (Wildman–Crippen MR) is 126 cm³/mol. The highest BCUT2D eigenvalue weighted by atomic mass is 32.2. The highest BCUT2D eigenvalue weighted by molar-refractivity contribution is 7.92. The van der Waals surface area contributed by atoms with Crippen LogP contribution >= 0.6 is 0 Å². The lowest BCUT2D eigenvalue weighted by Crippen LogP contribution is -2.22. The normalized spacial score (nSPS) is 12.7. The van der Waals surface area contributed by atoms with Crippen molar-refractivity contribution in [2.24, 2.45) is 0 Å². The van der Waals surface area contributed by atoms with Crippen LogP contribution in [0.1, 0.15) is 31.8 Å². The zero-order valence-electron chi connectivity index (χ0n) is 17.8. The molecule has 4 aromatic rings. The van der Waals surface area contributed by atoms with Crippen molar-refractivity contribution in [2.45, 2.75) is 4.90 Å². The lowest BCUT2D eigenvalue weighted by molar-refractivity contribution is 0.0976. The van der Waals surface area contributed by atoms with Gasteiger partial charge < -0.3 is 10.2 Å². The van der Waals surface area contributed by atoms with Gasteiger partial charge in [0.15, 0.2) is 23.1 Å². The van der Waals surface area contributed by atoms with Crippen LogP contribution in [0.4, 0.5) is 10.1 Å². The summed E-state index contributed by atoms with van der Waals surface area (Å²) in [6, 6.07) is 18.5. The molecule has 0 aromatic heterocycles. The summed E-state index contributed by atoms with van der Waals surface area (Å²) in [6.07, 6.45) is 0. The number of nitrogens with one attached hydrogen (secondary N) is 1. The number of carbonyl (C=O) groups excluding carboxylic acids is 2. The molecule has 0 amide bonds. The molecule has 35 heavy (non-hydrogen) atoms. The molecule has 0 spiro atoms. The molecule has 4 aromatic carbocycles. The van der Waals surface area contributed by atoms with Crippen LogP contribution in [0, 0.1) is 5.82 Å². The Labute approximate surface area is 199 Å². The van der Waals surface area contributed by atoms with Crippen LogP contribution in [0.15, 0.2) is 83.8 Å². The van der Waals surface area contributed by atoms with E-state index >= 15 is 0 Å². The molecule has 0 bridgehead atoms. The van der Waals surface area contributed by atoms with Crippen molar-refractivity contribution >= 4 is 27.3 Å². The average molecular weight is 489 g/mol. The second-order valence-corrected chi connectivity index (χ2v) is 9.57. The molecule has 174 valence electrons. The van der Waals surface area contributed by atoms with Crippen molar-refractivity contribution in [3.05, 3.63) is 107 Å². The Kier molecular flexibility index (Phi) is 5.14. The number of phenolic OH excluding ortho intramolecular Hbond substituents is 2. The molecular formula is C26H16FNO6S. The van der Waals surface area contributed by atoms with Gasteiger partial charge in [-0.25, -0.2) is 12.8 Å². The third-order valence-corrected chi connectivity index (χ3v) is 7.13. The van der Waals surface area contributed by atoms with E-state index in [0.29, 0.717) is 11.1 Å². The van der Waals surface area contributed by atoms with E-state index in [1.54, 1.807) is 24.3 Å². The van der Waals surface area contributed by atoms with Crippen molar-refractivity contribution in [1.29, 1.82) is 0 Å². The van der Waals surface area contributed by atoms with Gasteiger partial charge in [-0.05, 0) is 41.5 Å². The van der Waals surface area contributed by atoms with E-state index in [9.17, 15) is 32.6 Å². The molecule has 1 aliphatic carbocycles. The van der Waals surface area contributed by atoms with Crippen LogP contribution in [0.25, 0.3) is 11.1 Å². The van der Waals surface area contributed by atoms with Gasteiger partial charge in [0.05, 0.1) is 16.1 Å². The third kappa shape index (κ3) is 3.71. The van der Waals surface area contributed by atoms with Crippen molar-refractivity contribution in [1.82, 2.24) is 0 Å². The number of anilines is 1. The average Bonchev–Trinajstić information content (AvgIpc) is 2.86. The fourth-order valence-corrected chi connectivity index (χ4v) is 5.03. The number of aromatic hydroxyl groups is 2. The first-order chi connectivity index (χ1) is 16.7. The lowest BCUT2D eigenvalue weighted by Gasteiger charge is -2.20. The smallest absolute Gasteiger partial charge is 0.262 e. The molecule has 0 fully saturated rings. The topological polar surface area (TPSA) is 121 Å². The van der Waals surface area contributed by atoms with E-state index in [1.807, 2.05) is 0 Å². The number of hydrogen-bond donors (Lipinski definition) is 3. The minimum Gasteiger partial charge on any atom is -0.504 e. The largest absolute Gasteiger partial charge is 0.504 e. The zero-order chi connectivity index (χ0) is 24.9. The first kappa shape index (κ1) is 22.3. The van der Waals surface area contributed by atoms with Crippen LogP contribution in [-0.2, 0) is 10.0 Å². The monoisotopic (exact) mass is 489 g/mol. The van der Waals surface area contributed by atoms with Gasteiger partial charge in [-0.3, -0.25) is 14.3 Å². The Morgan fingerprint density at radius 2 is 1.23 bits per heavy atom. The minimum absolute atomic E-state index is 0.0780. The molecule has 9 heteroatoms. The van der Waals surface area contributed by atoms with E-state index in [-0.39, 0.29) is 21.6 Å². The standard InChI is InChI=1S/C26H16FNO6S/c27-16-9-5-14(6-10-16)15-7-11-17(12-8-15)35(33,34)28-21-13-20-22(26(32)25(21)31)24(30)19-4-2-1-3-18(19)23(20)29/h1-13,28,31-32H. The Bertz CT molecular complexity index is 1630. The predicted octanol–water partition coefficient (Wildman–Crippen LogP) is 4.48. The number of phenols is 2.